The molecule has 3 heteroatoms. The molecule has 0 saturated carbocycles. The van der Waals surface area contributed by atoms with Crippen LogP contribution in [-0.2, 0) is 4.79 Å². The minimum absolute atomic E-state index is 0.140. The van der Waals surface area contributed by atoms with E-state index < -0.39 is 5.97 Å². The maximum Gasteiger partial charge on any atom is 0.303 e. The summed E-state index contributed by atoms with van der Waals surface area (Å²) in [6.07, 6.45) is 2.12. The number of carboxylic acid groups (broad SMARTS) is 1. The second kappa shape index (κ2) is 6.83. The standard InChI is InChI=1S/C12H25NO2/c1-5-13(6-2)10-9-12(3,4)8-7-11(14)15/h5-10H2,1-4H3,(H,14,15). The first-order valence-electron chi connectivity index (χ1n) is 5.85. The van der Waals surface area contributed by atoms with Gasteiger partial charge < -0.3 is 10.0 Å². The van der Waals surface area contributed by atoms with Crippen LogP contribution < -0.4 is 0 Å². The number of nitrogens with zero attached hydrogens (tertiary/aromatic N) is 1. The number of carboxylic acids is 1. The fourth-order valence-corrected chi connectivity index (χ4v) is 1.57. The van der Waals surface area contributed by atoms with Crippen LogP contribution >= 0.6 is 0 Å². The summed E-state index contributed by atoms with van der Waals surface area (Å²) in [6.45, 7) is 11.8. The lowest BCUT2D eigenvalue weighted by Gasteiger charge is -2.27. The topological polar surface area (TPSA) is 40.5 Å². The van der Waals surface area contributed by atoms with Gasteiger partial charge in [0.25, 0.3) is 0 Å². The molecule has 0 unspecified atom stereocenters. The second-order valence-electron chi connectivity index (χ2n) is 4.83. The molecule has 15 heavy (non-hydrogen) atoms. The quantitative estimate of drug-likeness (QED) is 0.676. The van der Waals surface area contributed by atoms with Gasteiger partial charge in [0.05, 0.1) is 0 Å². The van der Waals surface area contributed by atoms with Crippen molar-refractivity contribution in [2.45, 2.75) is 47.0 Å². The molecule has 0 bridgehead atoms. The average molecular weight is 215 g/mol. The Balaban J connectivity index is 3.86. The Morgan fingerprint density at radius 3 is 2.13 bits per heavy atom. The van der Waals surface area contributed by atoms with Crippen LogP contribution in [0, 0.1) is 5.41 Å². The van der Waals surface area contributed by atoms with Gasteiger partial charge in [-0.15, -0.1) is 0 Å². The van der Waals surface area contributed by atoms with Crippen molar-refractivity contribution < 1.29 is 9.90 Å². The summed E-state index contributed by atoms with van der Waals surface area (Å²) in [5, 5.41) is 8.64. The zero-order valence-corrected chi connectivity index (χ0v) is 10.5. The summed E-state index contributed by atoms with van der Waals surface area (Å²) in [4.78, 5) is 12.9. The van der Waals surface area contributed by atoms with Gasteiger partial charge in [-0.25, -0.2) is 0 Å². The summed E-state index contributed by atoms with van der Waals surface area (Å²) < 4.78 is 0. The molecule has 0 saturated heterocycles. The van der Waals surface area contributed by atoms with Crippen molar-refractivity contribution in [3.05, 3.63) is 0 Å². The van der Waals surface area contributed by atoms with Gasteiger partial charge in [-0.3, -0.25) is 4.79 Å². The van der Waals surface area contributed by atoms with Crippen LogP contribution in [0.3, 0.4) is 0 Å². The number of carbonyl (C=O) groups is 1. The van der Waals surface area contributed by atoms with E-state index in [4.69, 9.17) is 5.11 Å². The molecule has 0 aliphatic heterocycles. The van der Waals surface area contributed by atoms with E-state index in [0.717, 1.165) is 32.5 Å². The molecule has 0 atom stereocenters. The van der Waals surface area contributed by atoms with Crippen LogP contribution in [0.2, 0.25) is 0 Å². The minimum Gasteiger partial charge on any atom is -0.481 e. The Hall–Kier alpha value is -0.570. The third kappa shape index (κ3) is 7.37. The van der Waals surface area contributed by atoms with E-state index in [0.29, 0.717) is 0 Å². The van der Waals surface area contributed by atoms with E-state index in [1.165, 1.54) is 0 Å². The van der Waals surface area contributed by atoms with Crippen LogP contribution in [0.25, 0.3) is 0 Å². The third-order valence-electron chi connectivity index (χ3n) is 3.01. The number of rotatable bonds is 8. The van der Waals surface area contributed by atoms with Crippen molar-refractivity contribution >= 4 is 5.97 Å². The van der Waals surface area contributed by atoms with Crippen molar-refractivity contribution in [3.63, 3.8) is 0 Å². The first kappa shape index (κ1) is 14.4. The monoisotopic (exact) mass is 215 g/mol. The van der Waals surface area contributed by atoms with Gasteiger partial charge in [0.15, 0.2) is 0 Å². The zero-order valence-electron chi connectivity index (χ0n) is 10.5. The van der Waals surface area contributed by atoms with Crippen LogP contribution in [0.1, 0.15) is 47.0 Å². The number of hydrogen-bond acceptors (Lipinski definition) is 2. The molecule has 0 aliphatic rings. The molecule has 0 aromatic carbocycles. The third-order valence-corrected chi connectivity index (χ3v) is 3.01. The normalized spacial score (nSPS) is 12.1. The molecule has 0 fully saturated rings. The van der Waals surface area contributed by atoms with E-state index in [1.54, 1.807) is 0 Å². The van der Waals surface area contributed by atoms with E-state index in [-0.39, 0.29) is 11.8 Å². The molecule has 1 N–H and O–H groups in total. The van der Waals surface area contributed by atoms with Gasteiger partial charge in [0.1, 0.15) is 0 Å². The summed E-state index contributed by atoms with van der Waals surface area (Å²) in [5.41, 5.74) is 0.140. The lowest BCUT2D eigenvalue weighted by Crippen LogP contribution is -2.28. The molecule has 90 valence electrons. The average Bonchev–Trinajstić information content (AvgIpc) is 2.17. The maximum atomic E-state index is 10.5. The molecule has 0 heterocycles. The Labute approximate surface area is 93.5 Å². The molecule has 0 rings (SSSR count). The Kier molecular flexibility index (Phi) is 6.57. The lowest BCUT2D eigenvalue weighted by molar-refractivity contribution is -0.137. The Morgan fingerprint density at radius 1 is 1.20 bits per heavy atom. The molecule has 0 amide bonds. The van der Waals surface area contributed by atoms with Gasteiger partial charge in [0.2, 0.25) is 0 Å². The summed E-state index contributed by atoms with van der Waals surface area (Å²) >= 11 is 0. The fourth-order valence-electron chi connectivity index (χ4n) is 1.57. The summed E-state index contributed by atoms with van der Waals surface area (Å²) in [5.74, 6) is -0.689. The second-order valence-corrected chi connectivity index (χ2v) is 4.83. The van der Waals surface area contributed by atoms with Crippen molar-refractivity contribution in [2.75, 3.05) is 19.6 Å². The molecule has 0 aromatic rings. The fraction of sp³-hybridized carbons (Fsp3) is 0.917. The number of hydrogen-bond donors (Lipinski definition) is 1. The molecule has 0 aromatic heterocycles. The van der Waals surface area contributed by atoms with Crippen molar-refractivity contribution in [1.82, 2.24) is 4.90 Å². The van der Waals surface area contributed by atoms with E-state index in [1.807, 2.05) is 0 Å². The van der Waals surface area contributed by atoms with Gasteiger partial charge in [-0.05, 0) is 37.9 Å². The van der Waals surface area contributed by atoms with Crippen molar-refractivity contribution in [2.24, 2.45) is 5.41 Å². The molecule has 3 nitrogen and oxygen atoms in total. The molecule has 0 radical (unpaired) electrons. The Morgan fingerprint density at radius 2 is 1.73 bits per heavy atom. The van der Waals surface area contributed by atoms with Crippen molar-refractivity contribution in [1.29, 1.82) is 0 Å². The van der Waals surface area contributed by atoms with Crippen LogP contribution in [0.5, 0.6) is 0 Å². The number of aliphatic carboxylic acids is 1. The van der Waals surface area contributed by atoms with Gasteiger partial charge in [0, 0.05) is 6.42 Å². The highest BCUT2D eigenvalue weighted by atomic mass is 16.4. The van der Waals surface area contributed by atoms with Crippen LogP contribution in [-0.4, -0.2) is 35.6 Å². The molecule has 0 spiro atoms. The largest absolute Gasteiger partial charge is 0.481 e. The first-order chi connectivity index (χ1) is 6.91. The highest BCUT2D eigenvalue weighted by Gasteiger charge is 2.19. The van der Waals surface area contributed by atoms with Crippen LogP contribution in [0.15, 0.2) is 0 Å². The predicted octanol–water partition coefficient (Wildman–Crippen LogP) is 2.61. The lowest BCUT2D eigenvalue weighted by atomic mass is 9.84. The highest BCUT2D eigenvalue weighted by molar-refractivity contribution is 5.66. The Bertz CT molecular complexity index is 186. The maximum absolute atomic E-state index is 10.5. The molecular formula is C12H25NO2. The summed E-state index contributed by atoms with van der Waals surface area (Å²) in [6, 6.07) is 0. The van der Waals surface area contributed by atoms with Gasteiger partial charge in [-0.2, -0.15) is 0 Å². The molecular weight excluding hydrogens is 190 g/mol. The van der Waals surface area contributed by atoms with Crippen LogP contribution in [0.4, 0.5) is 0 Å². The predicted molar refractivity (Wildman–Crippen MR) is 63.1 cm³/mol. The van der Waals surface area contributed by atoms with Crippen molar-refractivity contribution in [3.8, 4) is 0 Å². The SMILES string of the molecule is CCN(CC)CCC(C)(C)CCC(=O)O. The summed E-state index contributed by atoms with van der Waals surface area (Å²) in [7, 11) is 0. The smallest absolute Gasteiger partial charge is 0.303 e. The zero-order chi connectivity index (χ0) is 11.9. The van der Waals surface area contributed by atoms with E-state index in [9.17, 15) is 4.79 Å². The first-order valence-corrected chi connectivity index (χ1v) is 5.85. The highest BCUT2D eigenvalue weighted by Crippen LogP contribution is 2.26. The van der Waals surface area contributed by atoms with E-state index in [2.05, 4.69) is 32.6 Å². The van der Waals surface area contributed by atoms with E-state index >= 15 is 0 Å². The molecule has 0 aliphatic carbocycles. The minimum atomic E-state index is -0.689. The van der Waals surface area contributed by atoms with Gasteiger partial charge >= 0.3 is 5.97 Å². The van der Waals surface area contributed by atoms with Gasteiger partial charge in [-0.1, -0.05) is 27.7 Å².